The number of nitrogens with one attached hydrogen (secondary N) is 2. The predicted octanol–water partition coefficient (Wildman–Crippen LogP) is 3.42. The molecule has 2 atom stereocenters. The van der Waals surface area contributed by atoms with E-state index in [2.05, 4.69) is 45.9 Å². The second-order valence-electron chi connectivity index (χ2n) is 8.33. The monoisotopic (exact) mass is 433 g/mol. The van der Waals surface area contributed by atoms with Crippen molar-refractivity contribution in [3.8, 4) is 11.5 Å². The molecule has 1 aliphatic heterocycles. The highest BCUT2D eigenvalue weighted by atomic mass is 16.5. The quantitative estimate of drug-likeness (QED) is 0.508. The molecule has 168 valence electrons. The molecule has 0 saturated carbocycles. The molecule has 0 spiro atoms. The lowest BCUT2D eigenvalue weighted by atomic mass is 10.1. The van der Waals surface area contributed by atoms with E-state index >= 15 is 0 Å². The van der Waals surface area contributed by atoms with E-state index in [0.29, 0.717) is 18.8 Å². The molecule has 3 N–H and O–H groups in total. The molecule has 6 nitrogen and oxygen atoms in total. The van der Waals surface area contributed by atoms with E-state index in [-0.39, 0.29) is 23.7 Å². The number of nitrogens with zero attached hydrogens (tertiary/aromatic N) is 1. The van der Waals surface area contributed by atoms with Crippen molar-refractivity contribution in [2.45, 2.75) is 38.5 Å². The number of hydrogen-bond donors (Lipinski definition) is 3. The summed E-state index contributed by atoms with van der Waals surface area (Å²) in [5.41, 5.74) is 2.01. The van der Waals surface area contributed by atoms with Crippen LogP contribution in [0.15, 0.2) is 60.7 Å². The Morgan fingerprint density at radius 1 is 1.12 bits per heavy atom. The van der Waals surface area contributed by atoms with Gasteiger partial charge in [-0.25, -0.2) is 0 Å². The summed E-state index contributed by atoms with van der Waals surface area (Å²) >= 11 is 0. The molecule has 0 radical (unpaired) electrons. The fourth-order valence-corrected chi connectivity index (χ4v) is 4.44. The number of carbonyl (C=O) groups excluding carboxylic acids is 1. The Morgan fingerprint density at radius 2 is 1.94 bits per heavy atom. The van der Waals surface area contributed by atoms with Gasteiger partial charge in [0.15, 0.2) is 0 Å². The number of carbonyl (C=O) groups is 1. The Hall–Kier alpha value is -3.09. The third-order valence-electron chi connectivity index (χ3n) is 6.13. The van der Waals surface area contributed by atoms with Gasteiger partial charge in [0.1, 0.15) is 11.5 Å². The van der Waals surface area contributed by atoms with Gasteiger partial charge >= 0.3 is 0 Å². The minimum absolute atomic E-state index is 0.0740. The first-order valence-corrected chi connectivity index (χ1v) is 11.2. The number of phenols is 1. The third-order valence-corrected chi connectivity index (χ3v) is 6.13. The number of fused-ring (bicyclic) bond motifs is 1. The molecule has 1 heterocycles. The molecule has 0 aliphatic carbocycles. The van der Waals surface area contributed by atoms with Gasteiger partial charge in [-0.3, -0.25) is 9.69 Å². The van der Waals surface area contributed by atoms with Crippen LogP contribution in [0.1, 0.15) is 24.5 Å². The zero-order valence-corrected chi connectivity index (χ0v) is 18.7. The minimum Gasteiger partial charge on any atom is -0.507 e. The van der Waals surface area contributed by atoms with Crippen molar-refractivity contribution >= 4 is 16.7 Å². The molecule has 4 rings (SSSR count). The Morgan fingerprint density at radius 3 is 2.69 bits per heavy atom. The number of hydrogen-bond acceptors (Lipinski definition) is 5. The summed E-state index contributed by atoms with van der Waals surface area (Å²) in [6.07, 6.45) is 0.732. The van der Waals surface area contributed by atoms with Gasteiger partial charge in [0.25, 0.3) is 0 Å². The number of aromatic hydroxyl groups is 1. The summed E-state index contributed by atoms with van der Waals surface area (Å²) in [6.45, 7) is 4.59. The van der Waals surface area contributed by atoms with Gasteiger partial charge in [-0.05, 0) is 41.8 Å². The molecule has 0 aromatic heterocycles. The first-order valence-electron chi connectivity index (χ1n) is 11.2. The fourth-order valence-electron chi connectivity index (χ4n) is 4.44. The molecule has 1 saturated heterocycles. The lowest BCUT2D eigenvalue weighted by Crippen LogP contribution is -2.42. The SMILES string of the molecule is CCNC(=O)[C@@H]1C[C@@H](NCc2ccc(OC)cc2O)CN1Cc1ccc2ccccc2c1. The number of likely N-dealkylation sites (N-methyl/N-ethyl adjacent to an activating group) is 1. The van der Waals surface area contributed by atoms with Crippen molar-refractivity contribution in [3.05, 3.63) is 71.8 Å². The van der Waals surface area contributed by atoms with E-state index < -0.39 is 0 Å². The largest absolute Gasteiger partial charge is 0.507 e. The highest BCUT2D eigenvalue weighted by Crippen LogP contribution is 2.26. The highest BCUT2D eigenvalue weighted by molar-refractivity contribution is 5.83. The van der Waals surface area contributed by atoms with Gasteiger partial charge in [0.2, 0.25) is 5.91 Å². The van der Waals surface area contributed by atoms with Crippen LogP contribution < -0.4 is 15.4 Å². The van der Waals surface area contributed by atoms with Crippen LogP contribution in [-0.4, -0.2) is 48.2 Å². The lowest BCUT2D eigenvalue weighted by Gasteiger charge is -2.23. The Bertz CT molecular complexity index is 1080. The molecule has 1 aliphatic rings. The zero-order chi connectivity index (χ0) is 22.5. The second-order valence-corrected chi connectivity index (χ2v) is 8.33. The minimum atomic E-state index is -0.177. The molecule has 0 bridgehead atoms. The van der Waals surface area contributed by atoms with Crippen LogP contribution in [0.25, 0.3) is 10.8 Å². The van der Waals surface area contributed by atoms with Gasteiger partial charge in [0, 0.05) is 43.9 Å². The highest BCUT2D eigenvalue weighted by Gasteiger charge is 2.36. The summed E-state index contributed by atoms with van der Waals surface area (Å²) in [7, 11) is 1.58. The zero-order valence-electron chi connectivity index (χ0n) is 18.7. The van der Waals surface area contributed by atoms with Crippen molar-refractivity contribution in [2.75, 3.05) is 20.2 Å². The van der Waals surface area contributed by atoms with Crippen molar-refractivity contribution in [1.29, 1.82) is 0 Å². The van der Waals surface area contributed by atoms with Gasteiger partial charge in [-0.15, -0.1) is 0 Å². The molecule has 1 amide bonds. The van der Waals surface area contributed by atoms with Gasteiger partial charge in [0.05, 0.1) is 13.2 Å². The van der Waals surface area contributed by atoms with Crippen LogP contribution in [0.3, 0.4) is 0 Å². The first kappa shape index (κ1) is 22.1. The number of likely N-dealkylation sites (tertiary alicyclic amines) is 1. The second kappa shape index (κ2) is 10.0. The lowest BCUT2D eigenvalue weighted by molar-refractivity contribution is -0.125. The Kier molecular flexibility index (Phi) is 6.93. The number of benzene rings is 3. The number of phenolic OH excluding ortho intramolecular Hbond substituents is 1. The number of ether oxygens (including phenoxy) is 1. The Balaban J connectivity index is 1.45. The molecule has 3 aromatic rings. The molecule has 0 unspecified atom stereocenters. The van der Waals surface area contributed by atoms with Crippen molar-refractivity contribution in [3.63, 3.8) is 0 Å². The van der Waals surface area contributed by atoms with E-state index in [1.54, 1.807) is 13.2 Å². The van der Waals surface area contributed by atoms with Crippen molar-refractivity contribution < 1.29 is 14.6 Å². The summed E-state index contributed by atoms with van der Waals surface area (Å²) in [5.74, 6) is 0.915. The summed E-state index contributed by atoms with van der Waals surface area (Å²) in [5, 5.41) is 19.2. The fraction of sp³-hybridized carbons (Fsp3) is 0.346. The van der Waals surface area contributed by atoms with Crippen LogP contribution in [0.2, 0.25) is 0 Å². The van der Waals surface area contributed by atoms with Crippen molar-refractivity contribution in [1.82, 2.24) is 15.5 Å². The van der Waals surface area contributed by atoms with Crippen molar-refractivity contribution in [2.24, 2.45) is 0 Å². The average Bonchev–Trinajstić information content (AvgIpc) is 3.21. The van der Waals surface area contributed by atoms with E-state index in [9.17, 15) is 9.90 Å². The molecule has 1 fully saturated rings. The third kappa shape index (κ3) is 5.03. The maximum atomic E-state index is 12.8. The molecule has 3 aromatic carbocycles. The normalized spacial score (nSPS) is 18.7. The Labute approximate surface area is 189 Å². The van der Waals surface area contributed by atoms with Crippen LogP contribution >= 0.6 is 0 Å². The van der Waals surface area contributed by atoms with Crippen LogP contribution in [0.4, 0.5) is 0 Å². The standard InChI is InChI=1S/C26H31N3O3/c1-3-27-26(31)24-13-22(28-15-21-10-11-23(32-2)14-25(21)30)17-29(24)16-18-8-9-19-6-4-5-7-20(19)12-18/h4-12,14,22,24,28,30H,3,13,15-17H2,1-2H3,(H,27,31)/t22-,24+/m1/s1. The van der Waals surface area contributed by atoms with E-state index in [1.807, 2.05) is 31.2 Å². The molecular formula is C26H31N3O3. The smallest absolute Gasteiger partial charge is 0.237 e. The molecular weight excluding hydrogens is 402 g/mol. The van der Waals surface area contributed by atoms with Crippen LogP contribution in [0.5, 0.6) is 11.5 Å². The van der Waals surface area contributed by atoms with E-state index in [4.69, 9.17) is 4.74 Å². The summed E-state index contributed by atoms with van der Waals surface area (Å²) < 4.78 is 5.16. The predicted molar refractivity (Wildman–Crippen MR) is 127 cm³/mol. The van der Waals surface area contributed by atoms with Crippen LogP contribution in [0, 0.1) is 0 Å². The molecule has 32 heavy (non-hydrogen) atoms. The van der Waals surface area contributed by atoms with E-state index in [0.717, 1.165) is 25.1 Å². The maximum absolute atomic E-state index is 12.8. The van der Waals surface area contributed by atoms with Gasteiger partial charge < -0.3 is 20.5 Å². The average molecular weight is 434 g/mol. The number of amides is 1. The van der Waals surface area contributed by atoms with Gasteiger partial charge in [-0.1, -0.05) is 42.5 Å². The summed E-state index contributed by atoms with van der Waals surface area (Å²) in [6, 6.07) is 20.1. The number of rotatable bonds is 8. The molecule has 6 heteroatoms. The topological polar surface area (TPSA) is 73.8 Å². The van der Waals surface area contributed by atoms with Crippen LogP contribution in [-0.2, 0) is 17.9 Å². The van der Waals surface area contributed by atoms with Gasteiger partial charge in [-0.2, -0.15) is 0 Å². The summed E-state index contributed by atoms with van der Waals surface area (Å²) in [4.78, 5) is 15.0. The first-order chi connectivity index (χ1) is 15.6. The maximum Gasteiger partial charge on any atom is 0.237 e. The number of methoxy groups -OCH3 is 1. The van der Waals surface area contributed by atoms with E-state index in [1.165, 1.54) is 16.3 Å².